The highest BCUT2D eigenvalue weighted by molar-refractivity contribution is 6.34. The van der Waals surface area contributed by atoms with Gasteiger partial charge < -0.3 is 25.4 Å². The summed E-state index contributed by atoms with van der Waals surface area (Å²) < 4.78 is 5.47. The number of anilines is 1. The van der Waals surface area contributed by atoms with E-state index in [1.54, 1.807) is 51.1 Å². The fourth-order valence-corrected chi connectivity index (χ4v) is 4.94. The smallest absolute Gasteiger partial charge is 0.408 e. The lowest BCUT2D eigenvalue weighted by Crippen LogP contribution is -2.54. The Hall–Kier alpha value is -4.04. The van der Waals surface area contributed by atoms with Gasteiger partial charge in [-0.05, 0) is 63.8 Å². The molecule has 1 saturated carbocycles. The van der Waals surface area contributed by atoms with Crippen LogP contribution in [0.3, 0.4) is 0 Å². The molecule has 0 saturated heterocycles. The number of phenolic OH excluding ortho intramolecular Hbond substituents is 1. The van der Waals surface area contributed by atoms with Crippen LogP contribution in [0, 0.1) is 6.92 Å². The molecule has 0 spiro atoms. The van der Waals surface area contributed by atoms with Crippen molar-refractivity contribution in [3.63, 3.8) is 0 Å². The molecule has 9 heteroatoms. The van der Waals surface area contributed by atoms with Crippen molar-refractivity contribution in [2.45, 2.75) is 70.7 Å². The zero-order valence-electron chi connectivity index (χ0n) is 23.7. The highest BCUT2D eigenvalue weighted by atomic mass is 35.5. The molecule has 4 rings (SSSR count). The SMILES string of the molecule is Cc1cccc(Cl)c1NC(=O)C(c1ccccc1O)N(C(=O)C(Cc1ccccc1)NC(=O)OC(C)(C)C)C1CC1. The van der Waals surface area contributed by atoms with Crippen LogP contribution in [0.4, 0.5) is 10.5 Å². The van der Waals surface area contributed by atoms with E-state index >= 15 is 0 Å². The van der Waals surface area contributed by atoms with Crippen molar-refractivity contribution in [2.75, 3.05) is 5.32 Å². The average Bonchev–Trinajstić information content (AvgIpc) is 3.74. The minimum atomic E-state index is -1.19. The topological polar surface area (TPSA) is 108 Å². The number of carbonyl (C=O) groups is 3. The van der Waals surface area contributed by atoms with Crippen LogP contribution in [0.15, 0.2) is 72.8 Å². The normalized spacial score (nSPS) is 14.5. The molecule has 1 aliphatic rings. The van der Waals surface area contributed by atoms with E-state index in [1.807, 2.05) is 43.3 Å². The zero-order chi connectivity index (χ0) is 29.7. The summed E-state index contributed by atoms with van der Waals surface area (Å²) in [5.74, 6) is -1.11. The van der Waals surface area contributed by atoms with Gasteiger partial charge in [-0.15, -0.1) is 0 Å². The molecule has 216 valence electrons. The van der Waals surface area contributed by atoms with E-state index in [0.29, 0.717) is 23.6 Å². The number of benzene rings is 3. The van der Waals surface area contributed by atoms with Crippen molar-refractivity contribution < 1.29 is 24.2 Å². The molecule has 3 aromatic carbocycles. The molecule has 0 aliphatic heterocycles. The number of ether oxygens (including phenoxy) is 1. The molecular weight excluding hydrogens is 542 g/mol. The second-order valence-corrected chi connectivity index (χ2v) is 11.7. The van der Waals surface area contributed by atoms with Crippen LogP contribution in [0.25, 0.3) is 0 Å². The third-order valence-electron chi connectivity index (χ3n) is 6.69. The Labute approximate surface area is 245 Å². The van der Waals surface area contributed by atoms with Gasteiger partial charge >= 0.3 is 6.09 Å². The predicted molar refractivity (Wildman–Crippen MR) is 159 cm³/mol. The van der Waals surface area contributed by atoms with Gasteiger partial charge in [0.2, 0.25) is 5.91 Å². The number of alkyl carbamates (subject to hydrolysis) is 1. The maximum Gasteiger partial charge on any atom is 0.408 e. The van der Waals surface area contributed by atoms with E-state index in [-0.39, 0.29) is 23.8 Å². The second kappa shape index (κ2) is 12.6. The Balaban J connectivity index is 1.75. The fraction of sp³-hybridized carbons (Fsp3) is 0.344. The van der Waals surface area contributed by atoms with Gasteiger partial charge in [0.15, 0.2) is 0 Å². The van der Waals surface area contributed by atoms with Crippen molar-refractivity contribution in [3.05, 3.63) is 94.5 Å². The van der Waals surface area contributed by atoms with Crippen LogP contribution < -0.4 is 10.6 Å². The third-order valence-corrected chi connectivity index (χ3v) is 7.01. The van der Waals surface area contributed by atoms with Crippen molar-refractivity contribution in [1.82, 2.24) is 10.2 Å². The molecule has 2 unspecified atom stereocenters. The summed E-state index contributed by atoms with van der Waals surface area (Å²) in [6.07, 6.45) is 0.802. The fourth-order valence-electron chi connectivity index (χ4n) is 4.67. The molecule has 0 aromatic heterocycles. The van der Waals surface area contributed by atoms with Gasteiger partial charge in [0, 0.05) is 18.0 Å². The van der Waals surface area contributed by atoms with Crippen molar-refractivity contribution in [1.29, 1.82) is 0 Å². The van der Waals surface area contributed by atoms with Crippen LogP contribution in [0.2, 0.25) is 5.02 Å². The lowest BCUT2D eigenvalue weighted by atomic mass is 9.99. The van der Waals surface area contributed by atoms with E-state index in [4.69, 9.17) is 16.3 Å². The molecule has 41 heavy (non-hydrogen) atoms. The van der Waals surface area contributed by atoms with Crippen molar-refractivity contribution >= 4 is 35.2 Å². The molecule has 3 N–H and O–H groups in total. The molecule has 0 bridgehead atoms. The standard InChI is InChI=1S/C32H36ClN3O5/c1-20-11-10-15-24(33)27(20)35-29(38)28(23-14-8-9-16-26(23)37)36(22-17-18-22)30(39)25(19-21-12-6-5-7-13-21)34-31(40)41-32(2,3)4/h5-16,22,25,28,37H,17-19H2,1-4H3,(H,34,40)(H,35,38). The lowest BCUT2D eigenvalue weighted by molar-refractivity contribution is -0.141. The molecule has 1 aliphatic carbocycles. The maximum atomic E-state index is 14.4. The number of hydrogen-bond donors (Lipinski definition) is 3. The van der Waals surface area contributed by atoms with Gasteiger partial charge in [-0.1, -0.05) is 72.3 Å². The van der Waals surface area contributed by atoms with E-state index < -0.39 is 35.6 Å². The Morgan fingerprint density at radius 1 is 1.00 bits per heavy atom. The summed E-state index contributed by atoms with van der Waals surface area (Å²) >= 11 is 6.42. The molecule has 0 heterocycles. The predicted octanol–water partition coefficient (Wildman–Crippen LogP) is 6.16. The molecular formula is C32H36ClN3O5. The van der Waals surface area contributed by atoms with E-state index in [1.165, 1.54) is 11.0 Å². The van der Waals surface area contributed by atoms with E-state index in [0.717, 1.165) is 11.1 Å². The summed E-state index contributed by atoms with van der Waals surface area (Å²) in [5.41, 5.74) is 1.50. The Morgan fingerprint density at radius 3 is 2.27 bits per heavy atom. The Bertz CT molecular complexity index is 1380. The van der Waals surface area contributed by atoms with Crippen LogP contribution in [-0.4, -0.2) is 45.6 Å². The zero-order valence-corrected chi connectivity index (χ0v) is 24.4. The van der Waals surface area contributed by atoms with Gasteiger partial charge in [-0.3, -0.25) is 9.59 Å². The number of hydrogen-bond acceptors (Lipinski definition) is 5. The molecule has 8 nitrogen and oxygen atoms in total. The number of halogens is 1. The summed E-state index contributed by atoms with van der Waals surface area (Å²) in [4.78, 5) is 42.8. The summed E-state index contributed by atoms with van der Waals surface area (Å²) in [5, 5.41) is 16.8. The molecule has 2 atom stereocenters. The van der Waals surface area contributed by atoms with Gasteiger partial charge in [0.05, 0.1) is 10.7 Å². The number of aryl methyl sites for hydroxylation is 1. The first-order valence-corrected chi connectivity index (χ1v) is 14.0. The summed E-state index contributed by atoms with van der Waals surface area (Å²) in [6.45, 7) is 7.05. The van der Waals surface area contributed by atoms with Crippen LogP contribution in [0.5, 0.6) is 5.75 Å². The van der Waals surface area contributed by atoms with Gasteiger partial charge in [-0.25, -0.2) is 4.79 Å². The number of para-hydroxylation sites is 2. The first-order chi connectivity index (χ1) is 19.4. The minimum absolute atomic E-state index is 0.123. The van der Waals surface area contributed by atoms with Gasteiger partial charge in [0.1, 0.15) is 23.4 Å². The lowest BCUT2D eigenvalue weighted by Gasteiger charge is -2.35. The number of carbonyl (C=O) groups excluding carboxylic acids is 3. The molecule has 0 radical (unpaired) electrons. The largest absolute Gasteiger partial charge is 0.508 e. The monoisotopic (exact) mass is 577 g/mol. The van der Waals surface area contributed by atoms with Crippen molar-refractivity contribution in [2.24, 2.45) is 0 Å². The van der Waals surface area contributed by atoms with Crippen molar-refractivity contribution in [3.8, 4) is 5.75 Å². The highest BCUT2D eigenvalue weighted by Gasteiger charge is 2.45. The highest BCUT2D eigenvalue weighted by Crippen LogP contribution is 2.39. The molecule has 1 fully saturated rings. The number of nitrogens with zero attached hydrogens (tertiary/aromatic N) is 1. The minimum Gasteiger partial charge on any atom is -0.508 e. The Morgan fingerprint density at radius 2 is 1.66 bits per heavy atom. The molecule has 3 aromatic rings. The quantitative estimate of drug-likeness (QED) is 0.282. The second-order valence-electron chi connectivity index (χ2n) is 11.2. The van der Waals surface area contributed by atoms with Crippen LogP contribution >= 0.6 is 11.6 Å². The maximum absolute atomic E-state index is 14.4. The third kappa shape index (κ3) is 7.79. The summed E-state index contributed by atoms with van der Waals surface area (Å²) in [6, 6.07) is 18.6. The van der Waals surface area contributed by atoms with E-state index in [2.05, 4.69) is 10.6 Å². The number of phenols is 1. The number of amides is 3. The van der Waals surface area contributed by atoms with Gasteiger partial charge in [0.25, 0.3) is 5.91 Å². The molecule has 3 amide bonds. The van der Waals surface area contributed by atoms with Gasteiger partial charge in [-0.2, -0.15) is 0 Å². The number of nitrogens with one attached hydrogen (secondary N) is 2. The Kier molecular flexibility index (Phi) is 9.23. The van der Waals surface area contributed by atoms with Crippen LogP contribution in [0.1, 0.15) is 56.3 Å². The average molecular weight is 578 g/mol. The first kappa shape index (κ1) is 29.9. The summed E-state index contributed by atoms with van der Waals surface area (Å²) in [7, 11) is 0. The first-order valence-electron chi connectivity index (χ1n) is 13.6. The van der Waals surface area contributed by atoms with Crippen LogP contribution in [-0.2, 0) is 20.7 Å². The number of rotatable bonds is 9. The van der Waals surface area contributed by atoms with E-state index in [9.17, 15) is 19.5 Å². The number of aromatic hydroxyl groups is 1.